The van der Waals surface area contributed by atoms with Crippen LogP contribution in [0.2, 0.25) is 15.2 Å². The third-order valence-corrected chi connectivity index (χ3v) is 4.44. The number of rotatable bonds is 5. The van der Waals surface area contributed by atoms with Gasteiger partial charge in [0.15, 0.2) is 5.65 Å². The molecule has 0 amide bonds. The van der Waals surface area contributed by atoms with E-state index in [1.165, 1.54) is 0 Å². The van der Waals surface area contributed by atoms with Crippen molar-refractivity contribution in [1.82, 2.24) is 14.4 Å². The molecule has 0 aliphatic carbocycles. The van der Waals surface area contributed by atoms with Crippen LogP contribution in [-0.2, 0) is 6.42 Å². The predicted octanol–water partition coefficient (Wildman–Crippen LogP) is 5.74. The Hall–Kier alpha value is -1.49. The maximum atomic E-state index is 6.36. The quantitative estimate of drug-likeness (QED) is 0.610. The first-order chi connectivity index (χ1) is 11.5. The van der Waals surface area contributed by atoms with Crippen molar-refractivity contribution in [3.8, 4) is 11.3 Å². The van der Waals surface area contributed by atoms with Crippen molar-refractivity contribution in [2.24, 2.45) is 0 Å². The number of halogens is 3. The zero-order chi connectivity index (χ0) is 17.3. The summed E-state index contributed by atoms with van der Waals surface area (Å²) in [5.74, 6) is 0.949. The van der Waals surface area contributed by atoms with E-state index >= 15 is 0 Å². The number of hydrogen-bond donors (Lipinski definition) is 1. The monoisotopic (exact) mass is 382 g/mol. The minimum Gasteiger partial charge on any atom is -0.370 e. The number of benzene rings is 1. The van der Waals surface area contributed by atoms with E-state index < -0.39 is 0 Å². The molecule has 1 N–H and O–H groups in total. The van der Waals surface area contributed by atoms with Crippen molar-refractivity contribution in [1.29, 1.82) is 0 Å². The fourth-order valence-corrected chi connectivity index (χ4v) is 3.28. The maximum Gasteiger partial charge on any atom is 0.165 e. The Kier molecular flexibility index (Phi) is 5.18. The number of hydrogen-bond acceptors (Lipinski definition) is 3. The molecule has 3 aromatic rings. The fourth-order valence-electron chi connectivity index (χ4n) is 2.60. The Labute approximate surface area is 155 Å². The van der Waals surface area contributed by atoms with Gasteiger partial charge in [-0.2, -0.15) is 0 Å². The van der Waals surface area contributed by atoms with Gasteiger partial charge in [-0.05, 0) is 31.0 Å². The summed E-state index contributed by atoms with van der Waals surface area (Å²) in [6, 6.07) is 5.31. The van der Waals surface area contributed by atoms with E-state index in [0.717, 1.165) is 42.1 Å². The topological polar surface area (TPSA) is 42.2 Å². The van der Waals surface area contributed by atoms with Gasteiger partial charge in [0.2, 0.25) is 0 Å². The molecule has 1 aromatic carbocycles. The van der Waals surface area contributed by atoms with Crippen LogP contribution >= 0.6 is 34.8 Å². The molecule has 24 heavy (non-hydrogen) atoms. The second-order valence-corrected chi connectivity index (χ2v) is 6.65. The van der Waals surface area contributed by atoms with Gasteiger partial charge in [0.25, 0.3) is 0 Å². The lowest BCUT2D eigenvalue weighted by Gasteiger charge is -2.09. The number of aromatic nitrogens is 3. The first kappa shape index (κ1) is 17.3. The van der Waals surface area contributed by atoms with Crippen molar-refractivity contribution >= 4 is 46.3 Å². The summed E-state index contributed by atoms with van der Waals surface area (Å²) in [7, 11) is 0. The summed E-state index contributed by atoms with van der Waals surface area (Å²) in [6.45, 7) is 5.05. The molecule has 7 heteroatoms. The van der Waals surface area contributed by atoms with E-state index in [4.69, 9.17) is 39.8 Å². The average Bonchev–Trinajstić information content (AvgIpc) is 2.90. The molecule has 0 atom stereocenters. The summed E-state index contributed by atoms with van der Waals surface area (Å²) >= 11 is 18.6. The number of nitrogens with zero attached hydrogens (tertiary/aromatic N) is 3. The highest BCUT2D eigenvalue weighted by atomic mass is 35.5. The van der Waals surface area contributed by atoms with E-state index in [9.17, 15) is 0 Å². The SMILES string of the molecule is CCCNc1c(CC)nc2c(-c3ccc(Cl)cc3Cl)nc(Cl)cn12. The summed E-state index contributed by atoms with van der Waals surface area (Å²) < 4.78 is 1.95. The predicted molar refractivity (Wildman–Crippen MR) is 102 cm³/mol. The maximum absolute atomic E-state index is 6.36. The average molecular weight is 384 g/mol. The fraction of sp³-hybridized carbons (Fsp3) is 0.294. The molecule has 0 radical (unpaired) electrons. The zero-order valence-corrected chi connectivity index (χ0v) is 15.7. The Morgan fingerprint density at radius 1 is 1.12 bits per heavy atom. The van der Waals surface area contributed by atoms with E-state index in [1.54, 1.807) is 18.3 Å². The van der Waals surface area contributed by atoms with Gasteiger partial charge in [0.1, 0.15) is 16.7 Å². The van der Waals surface area contributed by atoms with Crippen LogP contribution in [-0.4, -0.2) is 20.9 Å². The third-order valence-electron chi connectivity index (χ3n) is 3.71. The normalized spacial score (nSPS) is 11.2. The minimum absolute atomic E-state index is 0.378. The molecule has 2 aromatic heterocycles. The van der Waals surface area contributed by atoms with Crippen LogP contribution in [0.4, 0.5) is 5.82 Å². The Bertz CT molecular complexity index is 889. The van der Waals surface area contributed by atoms with E-state index in [-0.39, 0.29) is 0 Å². The van der Waals surface area contributed by atoms with Gasteiger partial charge < -0.3 is 5.32 Å². The van der Waals surface area contributed by atoms with Gasteiger partial charge in [0.05, 0.1) is 10.7 Å². The number of fused-ring (bicyclic) bond motifs is 1. The molecule has 0 bridgehead atoms. The highest BCUT2D eigenvalue weighted by Crippen LogP contribution is 2.34. The molecule has 0 aliphatic heterocycles. The van der Waals surface area contributed by atoms with Crippen LogP contribution in [0.5, 0.6) is 0 Å². The third kappa shape index (κ3) is 3.18. The Balaban J connectivity index is 2.27. The lowest BCUT2D eigenvalue weighted by molar-refractivity contribution is 0.951. The molecule has 0 spiro atoms. The van der Waals surface area contributed by atoms with Crippen molar-refractivity contribution in [3.63, 3.8) is 0 Å². The molecule has 4 nitrogen and oxygen atoms in total. The summed E-state index contributed by atoms with van der Waals surface area (Å²) in [5.41, 5.74) is 3.09. The molecule has 2 heterocycles. The van der Waals surface area contributed by atoms with E-state index in [0.29, 0.717) is 20.9 Å². The second kappa shape index (κ2) is 7.18. The van der Waals surface area contributed by atoms with Crippen molar-refractivity contribution in [2.45, 2.75) is 26.7 Å². The number of imidazole rings is 1. The summed E-state index contributed by atoms with van der Waals surface area (Å²) in [6.07, 6.45) is 3.60. The molecule has 0 saturated heterocycles. The molecule has 0 unspecified atom stereocenters. The van der Waals surface area contributed by atoms with Crippen LogP contribution in [0, 0.1) is 0 Å². The van der Waals surface area contributed by atoms with Crippen LogP contribution < -0.4 is 5.32 Å². The first-order valence-corrected chi connectivity index (χ1v) is 8.95. The van der Waals surface area contributed by atoms with Gasteiger partial charge in [-0.15, -0.1) is 0 Å². The highest BCUT2D eigenvalue weighted by Gasteiger charge is 2.18. The molecule has 0 aliphatic rings. The van der Waals surface area contributed by atoms with Gasteiger partial charge >= 0.3 is 0 Å². The standard InChI is InChI=1S/C17H17Cl3N4/c1-3-7-21-16-13(4-2)22-17-15(23-14(20)9-24(16)17)11-6-5-10(18)8-12(11)19/h5-6,8-9,21H,3-4,7H2,1-2H3. The van der Waals surface area contributed by atoms with Gasteiger partial charge in [0, 0.05) is 23.3 Å². The highest BCUT2D eigenvalue weighted by molar-refractivity contribution is 6.36. The second-order valence-electron chi connectivity index (χ2n) is 5.42. The lowest BCUT2D eigenvalue weighted by atomic mass is 10.1. The minimum atomic E-state index is 0.378. The molecule has 3 rings (SSSR count). The van der Waals surface area contributed by atoms with Crippen LogP contribution in [0.15, 0.2) is 24.4 Å². The Morgan fingerprint density at radius 2 is 1.92 bits per heavy atom. The van der Waals surface area contributed by atoms with Crippen LogP contribution in [0.3, 0.4) is 0 Å². The molecule has 126 valence electrons. The smallest absolute Gasteiger partial charge is 0.165 e. The van der Waals surface area contributed by atoms with Gasteiger partial charge in [-0.25, -0.2) is 9.97 Å². The van der Waals surface area contributed by atoms with E-state index in [1.807, 2.05) is 10.5 Å². The number of anilines is 1. The lowest BCUT2D eigenvalue weighted by Crippen LogP contribution is -2.05. The summed E-state index contributed by atoms with van der Waals surface area (Å²) in [5, 5.41) is 4.90. The Morgan fingerprint density at radius 3 is 2.58 bits per heavy atom. The summed E-state index contributed by atoms with van der Waals surface area (Å²) in [4.78, 5) is 9.21. The molecular weight excluding hydrogens is 367 g/mol. The van der Waals surface area contributed by atoms with Crippen LogP contribution in [0.1, 0.15) is 26.0 Å². The van der Waals surface area contributed by atoms with Crippen LogP contribution in [0.25, 0.3) is 16.9 Å². The zero-order valence-electron chi connectivity index (χ0n) is 13.4. The van der Waals surface area contributed by atoms with E-state index in [2.05, 4.69) is 24.1 Å². The van der Waals surface area contributed by atoms with Gasteiger partial charge in [-0.3, -0.25) is 4.40 Å². The molecule has 0 fully saturated rings. The van der Waals surface area contributed by atoms with Crippen molar-refractivity contribution in [3.05, 3.63) is 45.3 Å². The van der Waals surface area contributed by atoms with Gasteiger partial charge in [-0.1, -0.05) is 48.7 Å². The van der Waals surface area contributed by atoms with Crippen molar-refractivity contribution < 1.29 is 0 Å². The molecular formula is C17H17Cl3N4. The largest absolute Gasteiger partial charge is 0.370 e. The number of aryl methyl sites for hydroxylation is 1. The molecule has 0 saturated carbocycles. The first-order valence-electron chi connectivity index (χ1n) is 7.81. The van der Waals surface area contributed by atoms with Crippen molar-refractivity contribution in [2.75, 3.05) is 11.9 Å². The number of nitrogens with one attached hydrogen (secondary N) is 1.